The van der Waals surface area contributed by atoms with Gasteiger partial charge in [0.25, 0.3) is 5.91 Å². The van der Waals surface area contributed by atoms with Crippen molar-refractivity contribution in [1.82, 2.24) is 14.8 Å². The maximum Gasteiger partial charge on any atom is 0.270 e. The Hall–Kier alpha value is -2.58. The van der Waals surface area contributed by atoms with Gasteiger partial charge in [-0.25, -0.2) is 0 Å². The summed E-state index contributed by atoms with van der Waals surface area (Å²) in [5.74, 6) is 0.699. The van der Waals surface area contributed by atoms with Crippen LogP contribution in [0.15, 0.2) is 18.2 Å². The van der Waals surface area contributed by atoms with Crippen molar-refractivity contribution in [1.29, 1.82) is 0 Å². The van der Waals surface area contributed by atoms with Crippen LogP contribution in [0.3, 0.4) is 0 Å². The highest BCUT2D eigenvalue weighted by atomic mass is 16.5. The Kier molecular flexibility index (Phi) is 6.18. The van der Waals surface area contributed by atoms with Crippen LogP contribution in [0.2, 0.25) is 0 Å². The zero-order valence-corrected chi connectivity index (χ0v) is 20.2. The van der Waals surface area contributed by atoms with Gasteiger partial charge >= 0.3 is 0 Å². The number of nitrogens with zero attached hydrogens (tertiary/aromatic N) is 2. The number of amides is 2. The molecule has 2 saturated heterocycles. The average Bonchev–Trinajstić information content (AvgIpc) is 3.11. The second kappa shape index (κ2) is 8.65. The smallest absolute Gasteiger partial charge is 0.270 e. The van der Waals surface area contributed by atoms with E-state index in [2.05, 4.69) is 4.98 Å². The maximum absolute atomic E-state index is 13.4. The number of likely N-dealkylation sites (N-methyl/N-ethyl adjacent to an activating group) is 1. The Bertz CT molecular complexity index is 1050. The van der Waals surface area contributed by atoms with Gasteiger partial charge in [-0.15, -0.1) is 0 Å². The maximum atomic E-state index is 13.4. The summed E-state index contributed by atoms with van der Waals surface area (Å²) in [5, 5.41) is 11.8. The van der Waals surface area contributed by atoms with Crippen molar-refractivity contribution >= 4 is 22.7 Å². The standard InChI is InChI=1S/C25H35N3O5/c1-6-32-18-7-8-20-19(13-18)16(2)22(26-20)23(30)28-11-9-25(10-12-28)14-21(27(5)17(3)29)24(4,31)15-33-25/h7-8,13,21,26,31H,6,9-12,14-15H2,1-5H3/t21-,24-/m0/s1. The van der Waals surface area contributed by atoms with Crippen LogP contribution in [0.5, 0.6) is 5.75 Å². The number of benzene rings is 1. The number of aryl methyl sites for hydroxylation is 1. The van der Waals surface area contributed by atoms with Gasteiger partial charge in [-0.3, -0.25) is 9.59 Å². The quantitative estimate of drug-likeness (QED) is 0.736. The first kappa shape index (κ1) is 23.6. The number of hydrogen-bond donors (Lipinski definition) is 2. The third-order valence-electron chi connectivity index (χ3n) is 7.43. The lowest BCUT2D eigenvalue weighted by Crippen LogP contribution is -2.64. The largest absolute Gasteiger partial charge is 0.494 e. The fourth-order valence-corrected chi connectivity index (χ4v) is 5.20. The van der Waals surface area contributed by atoms with E-state index in [1.165, 1.54) is 6.92 Å². The number of hydrogen-bond acceptors (Lipinski definition) is 5. The van der Waals surface area contributed by atoms with Crippen molar-refractivity contribution in [3.8, 4) is 5.75 Å². The molecule has 0 saturated carbocycles. The number of aromatic nitrogens is 1. The van der Waals surface area contributed by atoms with E-state index in [0.29, 0.717) is 44.7 Å². The van der Waals surface area contributed by atoms with Crippen LogP contribution >= 0.6 is 0 Å². The highest BCUT2D eigenvalue weighted by molar-refractivity contribution is 6.01. The van der Waals surface area contributed by atoms with Crippen LogP contribution in [-0.4, -0.2) is 82.3 Å². The minimum Gasteiger partial charge on any atom is -0.494 e. The SMILES string of the molecule is CCOc1ccc2[nH]c(C(=O)N3CCC4(CC3)C[C@H](N(C)C(C)=O)[C@@](C)(O)CO4)c(C)c2c1. The summed E-state index contributed by atoms with van der Waals surface area (Å²) < 4.78 is 11.8. The first-order valence-corrected chi connectivity index (χ1v) is 11.7. The minimum absolute atomic E-state index is 0.0169. The molecule has 2 atom stereocenters. The molecule has 8 nitrogen and oxygen atoms in total. The molecule has 2 N–H and O–H groups in total. The molecule has 1 aromatic carbocycles. The number of fused-ring (bicyclic) bond motifs is 1. The third kappa shape index (κ3) is 4.34. The molecular weight excluding hydrogens is 422 g/mol. The fourth-order valence-electron chi connectivity index (χ4n) is 5.20. The molecular formula is C25H35N3O5. The first-order chi connectivity index (χ1) is 15.6. The molecule has 2 aromatic rings. The number of H-pyrrole nitrogens is 1. The van der Waals surface area contributed by atoms with Crippen LogP contribution in [0.1, 0.15) is 56.1 Å². The molecule has 8 heteroatoms. The molecule has 4 rings (SSSR count). The van der Waals surface area contributed by atoms with E-state index in [9.17, 15) is 14.7 Å². The van der Waals surface area contributed by atoms with Gasteiger partial charge < -0.3 is 29.4 Å². The van der Waals surface area contributed by atoms with Gasteiger partial charge in [0.2, 0.25) is 5.91 Å². The molecule has 2 amide bonds. The highest BCUT2D eigenvalue weighted by Crippen LogP contribution is 2.40. The van der Waals surface area contributed by atoms with Crippen molar-refractivity contribution in [2.24, 2.45) is 0 Å². The van der Waals surface area contributed by atoms with E-state index < -0.39 is 11.2 Å². The van der Waals surface area contributed by atoms with E-state index in [1.54, 1.807) is 18.9 Å². The van der Waals surface area contributed by atoms with E-state index in [0.717, 1.165) is 22.2 Å². The van der Waals surface area contributed by atoms with Crippen molar-refractivity contribution in [3.05, 3.63) is 29.5 Å². The van der Waals surface area contributed by atoms with Gasteiger partial charge in [0.15, 0.2) is 0 Å². The van der Waals surface area contributed by atoms with Crippen molar-refractivity contribution in [3.63, 3.8) is 0 Å². The van der Waals surface area contributed by atoms with Gasteiger partial charge in [-0.1, -0.05) is 0 Å². The fraction of sp³-hybridized carbons (Fsp3) is 0.600. The van der Waals surface area contributed by atoms with Gasteiger partial charge in [0, 0.05) is 38.0 Å². The highest BCUT2D eigenvalue weighted by Gasteiger charge is 2.50. The number of aliphatic hydroxyl groups is 1. The van der Waals surface area contributed by atoms with Crippen LogP contribution < -0.4 is 4.74 Å². The minimum atomic E-state index is -1.10. The Labute approximate surface area is 194 Å². The predicted molar refractivity (Wildman–Crippen MR) is 125 cm³/mol. The number of ether oxygens (including phenoxy) is 2. The van der Waals surface area contributed by atoms with Crippen molar-refractivity contribution < 1.29 is 24.2 Å². The normalized spacial score (nSPS) is 24.8. The van der Waals surface area contributed by atoms with E-state index in [4.69, 9.17) is 9.47 Å². The Morgan fingerprint density at radius 2 is 2.03 bits per heavy atom. The summed E-state index contributed by atoms with van der Waals surface area (Å²) in [4.78, 5) is 32.1. The number of carbonyl (C=O) groups excluding carboxylic acids is 2. The number of rotatable bonds is 4. The molecule has 0 radical (unpaired) electrons. The summed E-state index contributed by atoms with van der Waals surface area (Å²) in [6, 6.07) is 5.51. The molecule has 180 valence electrons. The molecule has 3 heterocycles. The number of nitrogens with one attached hydrogen (secondary N) is 1. The van der Waals surface area contributed by atoms with E-state index in [1.807, 2.05) is 36.9 Å². The lowest BCUT2D eigenvalue weighted by molar-refractivity contribution is -0.207. The third-order valence-corrected chi connectivity index (χ3v) is 7.43. The summed E-state index contributed by atoms with van der Waals surface area (Å²) in [6.07, 6.45) is 1.90. The number of likely N-dealkylation sites (tertiary alicyclic amines) is 1. The second-order valence-corrected chi connectivity index (χ2v) is 9.74. The lowest BCUT2D eigenvalue weighted by Gasteiger charge is -2.52. The molecule has 0 bridgehead atoms. The van der Waals surface area contributed by atoms with Crippen LogP contribution in [-0.2, 0) is 9.53 Å². The van der Waals surface area contributed by atoms with E-state index in [-0.39, 0.29) is 24.5 Å². The van der Waals surface area contributed by atoms with Crippen LogP contribution in [0.25, 0.3) is 10.9 Å². The number of carbonyl (C=O) groups is 2. The zero-order chi connectivity index (χ0) is 24.0. The topological polar surface area (TPSA) is 95.1 Å². The molecule has 0 unspecified atom stereocenters. The second-order valence-electron chi connectivity index (χ2n) is 9.74. The summed E-state index contributed by atoms with van der Waals surface area (Å²) in [6.45, 7) is 9.04. The lowest BCUT2D eigenvalue weighted by atomic mass is 9.77. The number of piperidine rings is 1. The monoisotopic (exact) mass is 457 g/mol. The Balaban J connectivity index is 1.48. The summed E-state index contributed by atoms with van der Waals surface area (Å²) in [7, 11) is 1.73. The zero-order valence-electron chi connectivity index (χ0n) is 20.2. The van der Waals surface area contributed by atoms with E-state index >= 15 is 0 Å². The number of aromatic amines is 1. The molecule has 1 spiro atoms. The average molecular weight is 458 g/mol. The molecule has 2 aliphatic rings. The van der Waals surface area contributed by atoms with Gasteiger partial charge in [-0.05, 0) is 63.8 Å². The predicted octanol–water partition coefficient (Wildman–Crippen LogP) is 2.87. The van der Waals surface area contributed by atoms with Gasteiger partial charge in [0.1, 0.15) is 17.0 Å². The molecule has 2 aliphatic heterocycles. The van der Waals surface area contributed by atoms with Crippen LogP contribution in [0, 0.1) is 6.92 Å². The van der Waals surface area contributed by atoms with Gasteiger partial charge in [-0.2, -0.15) is 0 Å². The first-order valence-electron chi connectivity index (χ1n) is 11.7. The molecule has 1 aromatic heterocycles. The molecule has 33 heavy (non-hydrogen) atoms. The van der Waals surface area contributed by atoms with Gasteiger partial charge in [0.05, 0.1) is 24.9 Å². The molecule has 0 aliphatic carbocycles. The summed E-state index contributed by atoms with van der Waals surface area (Å²) >= 11 is 0. The Morgan fingerprint density at radius 3 is 2.67 bits per heavy atom. The molecule has 2 fully saturated rings. The van der Waals surface area contributed by atoms with Crippen molar-refractivity contribution in [2.75, 3.05) is 33.4 Å². The van der Waals surface area contributed by atoms with Crippen molar-refractivity contribution in [2.45, 2.75) is 64.2 Å². The van der Waals surface area contributed by atoms with Crippen LogP contribution in [0.4, 0.5) is 0 Å². The Morgan fingerprint density at radius 1 is 1.33 bits per heavy atom. The summed E-state index contributed by atoms with van der Waals surface area (Å²) in [5.41, 5.74) is 0.914.